The Bertz CT molecular complexity index is 1710. The molecule has 218 valence electrons. The summed E-state index contributed by atoms with van der Waals surface area (Å²) < 4.78 is 19.3. The number of amides is 1. The molecule has 0 saturated heterocycles. The van der Waals surface area contributed by atoms with Gasteiger partial charge in [-0.15, -0.1) is 0 Å². The summed E-state index contributed by atoms with van der Waals surface area (Å²) in [6.07, 6.45) is 4.10. The van der Waals surface area contributed by atoms with Crippen LogP contribution in [0.25, 0.3) is 17.2 Å². The predicted molar refractivity (Wildman–Crippen MR) is 165 cm³/mol. The molecule has 8 heteroatoms. The molecule has 0 radical (unpaired) electrons. The van der Waals surface area contributed by atoms with Crippen LogP contribution in [0.15, 0.2) is 131 Å². The van der Waals surface area contributed by atoms with Gasteiger partial charge in [0, 0.05) is 29.7 Å². The first-order valence-corrected chi connectivity index (χ1v) is 13.9. The van der Waals surface area contributed by atoms with Crippen molar-refractivity contribution in [3.8, 4) is 17.3 Å². The molecule has 5 aromatic rings. The summed E-state index contributed by atoms with van der Waals surface area (Å²) in [6, 6.07) is 30.5. The molecule has 0 atom stereocenters. The zero-order valence-corrected chi connectivity index (χ0v) is 24.3. The van der Waals surface area contributed by atoms with Gasteiger partial charge in [0.05, 0.1) is 12.8 Å². The van der Waals surface area contributed by atoms with Gasteiger partial charge in [0.1, 0.15) is 12.2 Å². The molecule has 5 rings (SSSR count). The third kappa shape index (κ3) is 7.48. The Morgan fingerprint density at radius 2 is 1.49 bits per heavy atom. The minimum Gasteiger partial charge on any atom is -0.481 e. The van der Waals surface area contributed by atoms with Crippen molar-refractivity contribution in [1.29, 1.82) is 0 Å². The van der Waals surface area contributed by atoms with E-state index in [1.165, 1.54) is 12.3 Å². The van der Waals surface area contributed by atoms with Crippen LogP contribution in [0.3, 0.4) is 0 Å². The Kier molecular flexibility index (Phi) is 8.86. The largest absolute Gasteiger partial charge is 0.481 e. The number of alkyl carbamates (subject to hydrolysis) is 1. The van der Waals surface area contributed by atoms with Gasteiger partial charge in [0.25, 0.3) is 0 Å². The first kappa shape index (κ1) is 29.1. The van der Waals surface area contributed by atoms with Crippen molar-refractivity contribution in [2.24, 2.45) is 0 Å². The zero-order chi connectivity index (χ0) is 30.2. The van der Waals surface area contributed by atoms with Crippen LogP contribution in [0.5, 0.6) is 5.75 Å². The SMILES string of the molecule is CC(C)(C)OC(=O)NC(Cn1ccnc1-c1occc(=O)c1OCc1ccccc1)=C(c1ccccc1)c1ccccc1. The summed E-state index contributed by atoms with van der Waals surface area (Å²) in [4.78, 5) is 30.6. The van der Waals surface area contributed by atoms with E-state index in [2.05, 4.69) is 10.3 Å². The van der Waals surface area contributed by atoms with Crippen LogP contribution in [0, 0.1) is 0 Å². The number of carbonyl (C=O) groups excluding carboxylic acids is 1. The Hall–Kier alpha value is -5.37. The molecule has 2 aromatic heterocycles. The van der Waals surface area contributed by atoms with Crippen LogP contribution in [0.4, 0.5) is 4.79 Å². The second kappa shape index (κ2) is 13.1. The zero-order valence-electron chi connectivity index (χ0n) is 24.3. The van der Waals surface area contributed by atoms with E-state index in [-0.39, 0.29) is 30.1 Å². The van der Waals surface area contributed by atoms with Gasteiger partial charge in [0.15, 0.2) is 5.82 Å². The van der Waals surface area contributed by atoms with E-state index < -0.39 is 11.7 Å². The van der Waals surface area contributed by atoms with Crippen molar-refractivity contribution < 1.29 is 18.7 Å². The number of rotatable bonds is 9. The number of allylic oxidation sites excluding steroid dienone is 1. The summed E-state index contributed by atoms with van der Waals surface area (Å²) in [7, 11) is 0. The summed E-state index contributed by atoms with van der Waals surface area (Å²) in [5.41, 5.74) is 3.05. The maximum absolute atomic E-state index is 13.2. The van der Waals surface area contributed by atoms with Crippen molar-refractivity contribution in [3.63, 3.8) is 0 Å². The third-order valence-electron chi connectivity index (χ3n) is 6.39. The number of ether oxygens (including phenoxy) is 2. The van der Waals surface area contributed by atoms with Crippen molar-refractivity contribution >= 4 is 11.7 Å². The summed E-state index contributed by atoms with van der Waals surface area (Å²) in [5, 5.41) is 3.01. The molecule has 0 saturated carbocycles. The highest BCUT2D eigenvalue weighted by Gasteiger charge is 2.23. The molecule has 1 amide bonds. The number of imidazole rings is 1. The lowest BCUT2D eigenvalue weighted by Crippen LogP contribution is -2.33. The fraction of sp³-hybridized carbons (Fsp3) is 0.171. The van der Waals surface area contributed by atoms with E-state index in [0.29, 0.717) is 11.5 Å². The fourth-order valence-corrected chi connectivity index (χ4v) is 4.57. The Morgan fingerprint density at radius 3 is 2.09 bits per heavy atom. The molecular formula is C35H33N3O5. The van der Waals surface area contributed by atoms with Crippen LogP contribution in [-0.4, -0.2) is 21.2 Å². The van der Waals surface area contributed by atoms with Crippen LogP contribution < -0.4 is 15.5 Å². The van der Waals surface area contributed by atoms with Crippen LogP contribution >= 0.6 is 0 Å². The molecule has 0 fully saturated rings. The maximum Gasteiger partial charge on any atom is 0.411 e. The van der Waals surface area contributed by atoms with Gasteiger partial charge in [-0.05, 0) is 37.5 Å². The number of nitrogens with one attached hydrogen (secondary N) is 1. The van der Waals surface area contributed by atoms with Gasteiger partial charge in [-0.2, -0.15) is 0 Å². The van der Waals surface area contributed by atoms with Crippen molar-refractivity contribution in [2.75, 3.05) is 0 Å². The van der Waals surface area contributed by atoms with E-state index in [1.54, 1.807) is 17.0 Å². The smallest absolute Gasteiger partial charge is 0.411 e. The van der Waals surface area contributed by atoms with Crippen molar-refractivity contribution in [1.82, 2.24) is 14.9 Å². The molecule has 0 bridgehead atoms. The second-order valence-electron chi connectivity index (χ2n) is 10.8. The van der Waals surface area contributed by atoms with Crippen LogP contribution in [0.1, 0.15) is 37.5 Å². The lowest BCUT2D eigenvalue weighted by atomic mass is 9.95. The third-order valence-corrected chi connectivity index (χ3v) is 6.39. The predicted octanol–water partition coefficient (Wildman–Crippen LogP) is 7.07. The van der Waals surface area contributed by atoms with E-state index in [9.17, 15) is 9.59 Å². The molecule has 1 N–H and O–H groups in total. The van der Waals surface area contributed by atoms with Gasteiger partial charge in [0.2, 0.25) is 16.9 Å². The number of hydrogen-bond acceptors (Lipinski definition) is 6. The molecule has 43 heavy (non-hydrogen) atoms. The highest BCUT2D eigenvalue weighted by atomic mass is 16.6. The quantitative estimate of drug-likeness (QED) is 0.202. The normalized spacial score (nSPS) is 11.0. The highest BCUT2D eigenvalue weighted by Crippen LogP contribution is 2.30. The monoisotopic (exact) mass is 575 g/mol. The van der Waals surface area contributed by atoms with Gasteiger partial charge < -0.3 is 18.5 Å². The Morgan fingerprint density at radius 1 is 0.884 bits per heavy atom. The minimum absolute atomic E-state index is 0.0516. The molecule has 0 unspecified atom stereocenters. The standard InChI is InChI=1S/C35H33N3O5/c1-35(2,3)43-34(40)37-28(30(26-15-9-5-10-16-26)27-17-11-6-12-18-27)23-38-21-20-36-33(38)32-31(29(39)19-22-41-32)42-24-25-13-7-4-8-14-25/h4-22H,23-24H2,1-3H3,(H,37,40). The lowest BCUT2D eigenvalue weighted by molar-refractivity contribution is 0.0544. The van der Waals surface area contributed by atoms with Gasteiger partial charge in [-0.25, -0.2) is 9.78 Å². The summed E-state index contributed by atoms with van der Waals surface area (Å²) in [6.45, 7) is 5.79. The highest BCUT2D eigenvalue weighted by molar-refractivity contribution is 5.85. The van der Waals surface area contributed by atoms with E-state index in [1.807, 2.05) is 112 Å². The average molecular weight is 576 g/mol. The van der Waals surface area contributed by atoms with E-state index in [0.717, 1.165) is 22.3 Å². The van der Waals surface area contributed by atoms with Crippen molar-refractivity contribution in [2.45, 2.75) is 39.5 Å². The molecule has 0 aliphatic rings. The van der Waals surface area contributed by atoms with Crippen LogP contribution in [0.2, 0.25) is 0 Å². The fourth-order valence-electron chi connectivity index (χ4n) is 4.57. The summed E-state index contributed by atoms with van der Waals surface area (Å²) in [5.74, 6) is 0.603. The molecule has 0 spiro atoms. The number of aromatic nitrogens is 2. The van der Waals surface area contributed by atoms with Gasteiger partial charge in [-0.1, -0.05) is 91.0 Å². The van der Waals surface area contributed by atoms with Crippen LogP contribution in [-0.2, 0) is 17.9 Å². The first-order valence-electron chi connectivity index (χ1n) is 13.9. The number of carbonyl (C=O) groups is 1. The number of hydrogen-bond donors (Lipinski definition) is 1. The van der Waals surface area contributed by atoms with E-state index in [4.69, 9.17) is 13.9 Å². The number of nitrogens with zero attached hydrogens (tertiary/aromatic N) is 2. The van der Waals surface area contributed by atoms with E-state index >= 15 is 0 Å². The molecule has 3 aromatic carbocycles. The maximum atomic E-state index is 13.2. The molecule has 2 heterocycles. The first-order chi connectivity index (χ1) is 20.8. The molecule has 0 aliphatic carbocycles. The summed E-state index contributed by atoms with van der Waals surface area (Å²) >= 11 is 0. The van der Waals surface area contributed by atoms with Crippen molar-refractivity contribution in [3.05, 3.63) is 148 Å². The lowest BCUT2D eigenvalue weighted by Gasteiger charge is -2.23. The average Bonchev–Trinajstić information content (AvgIpc) is 3.45. The van der Waals surface area contributed by atoms with Gasteiger partial charge in [-0.3, -0.25) is 10.1 Å². The van der Waals surface area contributed by atoms with Gasteiger partial charge >= 0.3 is 6.09 Å². The second-order valence-corrected chi connectivity index (χ2v) is 10.8. The topological polar surface area (TPSA) is 95.6 Å². The Labute approximate surface area is 250 Å². The molecular weight excluding hydrogens is 542 g/mol. The molecule has 8 nitrogen and oxygen atoms in total. The molecule has 0 aliphatic heterocycles. The number of benzene rings is 3. The minimum atomic E-state index is -0.701. The Balaban J connectivity index is 1.59.